The first-order chi connectivity index (χ1) is 12.0. The number of nitrogens with two attached hydrogens (primary N) is 1. The third-order valence-electron chi connectivity index (χ3n) is 5.09. The molecule has 3 aromatic rings. The maximum atomic E-state index is 12.6. The molecule has 126 valence electrons. The molecule has 1 aliphatic rings. The summed E-state index contributed by atoms with van der Waals surface area (Å²) in [6.45, 7) is 4.47. The summed E-state index contributed by atoms with van der Waals surface area (Å²) >= 11 is 0. The summed E-state index contributed by atoms with van der Waals surface area (Å²) in [7, 11) is 0. The quantitative estimate of drug-likeness (QED) is 0.773. The maximum Gasteiger partial charge on any atom is 0.236 e. The molecule has 2 aromatic heterocycles. The van der Waals surface area contributed by atoms with Crippen LogP contribution in [0.5, 0.6) is 0 Å². The SMILES string of the molecule is Cc1cc2nc(CN)ccc2cc1CC1(C)C(=O)Nc2ncccc21. The fourth-order valence-corrected chi connectivity index (χ4v) is 3.54. The van der Waals surface area contributed by atoms with Gasteiger partial charge in [-0.15, -0.1) is 0 Å². The second kappa shape index (κ2) is 5.63. The average molecular weight is 332 g/mol. The molecule has 25 heavy (non-hydrogen) atoms. The Balaban J connectivity index is 1.78. The van der Waals surface area contributed by atoms with Crippen LogP contribution in [0, 0.1) is 6.92 Å². The molecule has 1 atom stereocenters. The van der Waals surface area contributed by atoms with E-state index in [9.17, 15) is 4.79 Å². The zero-order valence-corrected chi connectivity index (χ0v) is 14.3. The van der Waals surface area contributed by atoms with Crippen LogP contribution in [0.15, 0.2) is 42.6 Å². The predicted octanol–water partition coefficient (Wildman–Crippen LogP) is 2.85. The van der Waals surface area contributed by atoms with E-state index < -0.39 is 5.41 Å². The molecule has 5 nitrogen and oxygen atoms in total. The fourth-order valence-electron chi connectivity index (χ4n) is 3.54. The van der Waals surface area contributed by atoms with Crippen molar-refractivity contribution in [2.75, 3.05) is 5.32 Å². The van der Waals surface area contributed by atoms with E-state index in [4.69, 9.17) is 5.73 Å². The number of nitrogens with one attached hydrogen (secondary N) is 1. The zero-order valence-electron chi connectivity index (χ0n) is 14.3. The third-order valence-corrected chi connectivity index (χ3v) is 5.09. The van der Waals surface area contributed by atoms with Crippen LogP contribution in [0.3, 0.4) is 0 Å². The molecule has 0 spiro atoms. The van der Waals surface area contributed by atoms with Gasteiger partial charge in [0, 0.05) is 23.7 Å². The van der Waals surface area contributed by atoms with Gasteiger partial charge < -0.3 is 11.1 Å². The number of carbonyl (C=O) groups is 1. The number of hydrogen-bond donors (Lipinski definition) is 2. The van der Waals surface area contributed by atoms with Crippen molar-refractivity contribution in [1.82, 2.24) is 9.97 Å². The zero-order chi connectivity index (χ0) is 17.6. The molecule has 1 aliphatic heterocycles. The lowest BCUT2D eigenvalue weighted by molar-refractivity contribution is -0.120. The van der Waals surface area contributed by atoms with Crippen molar-refractivity contribution in [2.45, 2.75) is 32.2 Å². The molecule has 0 aliphatic carbocycles. The Bertz CT molecular complexity index is 998. The highest BCUT2D eigenvalue weighted by Crippen LogP contribution is 2.39. The number of nitrogens with zero attached hydrogens (tertiary/aromatic N) is 2. The highest BCUT2D eigenvalue weighted by atomic mass is 16.2. The summed E-state index contributed by atoms with van der Waals surface area (Å²) in [4.78, 5) is 21.5. The van der Waals surface area contributed by atoms with Gasteiger partial charge in [0.05, 0.1) is 16.6 Å². The van der Waals surface area contributed by atoms with Gasteiger partial charge in [0.25, 0.3) is 0 Å². The number of aryl methyl sites for hydroxylation is 1. The largest absolute Gasteiger partial charge is 0.325 e. The van der Waals surface area contributed by atoms with Crippen molar-refractivity contribution in [3.8, 4) is 0 Å². The Morgan fingerprint density at radius 1 is 1.24 bits per heavy atom. The van der Waals surface area contributed by atoms with E-state index in [0.717, 1.165) is 33.3 Å². The van der Waals surface area contributed by atoms with Crippen molar-refractivity contribution in [2.24, 2.45) is 5.73 Å². The van der Waals surface area contributed by atoms with E-state index in [1.807, 2.05) is 31.2 Å². The van der Waals surface area contributed by atoms with Crippen LogP contribution >= 0.6 is 0 Å². The molecule has 5 heteroatoms. The summed E-state index contributed by atoms with van der Waals surface area (Å²) in [6, 6.07) is 12.0. The molecular formula is C20H20N4O. The lowest BCUT2D eigenvalue weighted by Gasteiger charge is -2.23. The number of rotatable bonds is 3. The molecular weight excluding hydrogens is 312 g/mol. The van der Waals surface area contributed by atoms with Crippen LogP contribution in [-0.2, 0) is 23.2 Å². The topological polar surface area (TPSA) is 80.9 Å². The van der Waals surface area contributed by atoms with Gasteiger partial charge in [0.15, 0.2) is 0 Å². The van der Waals surface area contributed by atoms with Crippen LogP contribution in [0.2, 0.25) is 0 Å². The highest BCUT2D eigenvalue weighted by Gasteiger charge is 2.43. The van der Waals surface area contributed by atoms with Crippen LogP contribution in [0.25, 0.3) is 10.9 Å². The standard InChI is InChI=1S/C20H20N4O/c1-12-8-17-13(5-6-15(11-21)23-17)9-14(12)10-20(2)16-4-3-7-22-18(16)24-19(20)25/h3-9H,10-11,21H2,1-2H3,(H,22,24,25). The Kier molecular flexibility index (Phi) is 3.54. The van der Waals surface area contributed by atoms with Crippen molar-refractivity contribution in [3.05, 3.63) is 65.0 Å². The predicted molar refractivity (Wildman–Crippen MR) is 98.3 cm³/mol. The normalized spacial score (nSPS) is 19.1. The third kappa shape index (κ3) is 2.48. The lowest BCUT2D eigenvalue weighted by atomic mass is 9.78. The van der Waals surface area contributed by atoms with Gasteiger partial charge in [0.1, 0.15) is 5.82 Å². The van der Waals surface area contributed by atoms with Crippen LogP contribution in [0.1, 0.15) is 29.3 Å². The number of aromatic nitrogens is 2. The molecule has 1 aromatic carbocycles. The van der Waals surface area contributed by atoms with Crippen molar-refractivity contribution in [3.63, 3.8) is 0 Å². The highest BCUT2D eigenvalue weighted by molar-refractivity contribution is 6.05. The Morgan fingerprint density at radius 3 is 2.88 bits per heavy atom. The number of anilines is 1. The molecule has 0 saturated heterocycles. The summed E-state index contributed by atoms with van der Waals surface area (Å²) in [5.74, 6) is 0.667. The van der Waals surface area contributed by atoms with E-state index in [1.165, 1.54) is 0 Å². The molecule has 4 rings (SSSR count). The number of amides is 1. The van der Waals surface area contributed by atoms with Crippen LogP contribution < -0.4 is 11.1 Å². The van der Waals surface area contributed by atoms with Gasteiger partial charge in [-0.1, -0.05) is 12.1 Å². The Labute approximate surface area is 146 Å². The molecule has 0 saturated carbocycles. The van der Waals surface area contributed by atoms with E-state index in [-0.39, 0.29) is 5.91 Å². The lowest BCUT2D eigenvalue weighted by Crippen LogP contribution is -2.33. The Hall–Kier alpha value is -2.79. The Morgan fingerprint density at radius 2 is 2.08 bits per heavy atom. The van der Waals surface area contributed by atoms with E-state index in [1.54, 1.807) is 6.20 Å². The molecule has 1 amide bonds. The summed E-state index contributed by atoms with van der Waals surface area (Å²) in [6.07, 6.45) is 2.32. The summed E-state index contributed by atoms with van der Waals surface area (Å²) in [5, 5.41) is 3.96. The minimum atomic E-state index is -0.618. The summed E-state index contributed by atoms with van der Waals surface area (Å²) < 4.78 is 0. The van der Waals surface area contributed by atoms with Crippen LogP contribution in [0.4, 0.5) is 5.82 Å². The number of pyridine rings is 2. The molecule has 1 unspecified atom stereocenters. The van der Waals surface area contributed by atoms with E-state index >= 15 is 0 Å². The van der Waals surface area contributed by atoms with Gasteiger partial charge in [-0.3, -0.25) is 9.78 Å². The monoisotopic (exact) mass is 332 g/mol. The smallest absolute Gasteiger partial charge is 0.236 e. The molecule has 0 radical (unpaired) electrons. The first-order valence-electron chi connectivity index (χ1n) is 8.37. The average Bonchev–Trinajstić information content (AvgIpc) is 2.86. The van der Waals surface area contributed by atoms with Crippen molar-refractivity contribution in [1.29, 1.82) is 0 Å². The first kappa shape index (κ1) is 15.7. The van der Waals surface area contributed by atoms with Gasteiger partial charge in [0.2, 0.25) is 5.91 Å². The number of benzene rings is 1. The van der Waals surface area contributed by atoms with Gasteiger partial charge in [-0.2, -0.15) is 0 Å². The molecule has 3 N–H and O–H groups in total. The minimum Gasteiger partial charge on any atom is -0.325 e. The van der Waals surface area contributed by atoms with Gasteiger partial charge in [-0.05, 0) is 55.7 Å². The molecule has 0 fully saturated rings. The summed E-state index contributed by atoms with van der Waals surface area (Å²) in [5.41, 5.74) is 10.1. The first-order valence-corrected chi connectivity index (χ1v) is 8.37. The number of fused-ring (bicyclic) bond motifs is 2. The second-order valence-electron chi connectivity index (χ2n) is 6.84. The number of hydrogen-bond acceptors (Lipinski definition) is 4. The van der Waals surface area contributed by atoms with Gasteiger partial charge >= 0.3 is 0 Å². The van der Waals surface area contributed by atoms with E-state index in [2.05, 4.69) is 34.3 Å². The molecule has 3 heterocycles. The maximum absolute atomic E-state index is 12.6. The van der Waals surface area contributed by atoms with Gasteiger partial charge in [-0.25, -0.2) is 4.98 Å². The van der Waals surface area contributed by atoms with Crippen LogP contribution in [-0.4, -0.2) is 15.9 Å². The minimum absolute atomic E-state index is 0.00250. The van der Waals surface area contributed by atoms with Crippen molar-refractivity contribution < 1.29 is 4.79 Å². The number of carbonyl (C=O) groups excluding carboxylic acids is 1. The fraction of sp³-hybridized carbons (Fsp3) is 0.250. The van der Waals surface area contributed by atoms with E-state index in [0.29, 0.717) is 18.8 Å². The second-order valence-corrected chi connectivity index (χ2v) is 6.84. The van der Waals surface area contributed by atoms with Crippen molar-refractivity contribution >= 4 is 22.6 Å². The molecule has 0 bridgehead atoms.